The average molecular weight is 330 g/mol. The lowest BCUT2D eigenvalue weighted by molar-refractivity contribution is -0.141. The normalized spacial score (nSPS) is 22.8. The third kappa shape index (κ3) is 3.70. The number of alkyl halides is 3. The van der Waals surface area contributed by atoms with Crippen molar-refractivity contribution in [2.24, 2.45) is 0 Å². The second-order valence-electron chi connectivity index (χ2n) is 5.56. The fraction of sp³-hybridized carbons (Fsp3) is 0.615. The predicted molar refractivity (Wildman–Crippen MR) is 73.5 cm³/mol. The van der Waals surface area contributed by atoms with Crippen LogP contribution in [0.15, 0.2) is 18.6 Å². The molecule has 0 spiro atoms. The van der Waals surface area contributed by atoms with E-state index >= 15 is 0 Å². The van der Waals surface area contributed by atoms with Crippen molar-refractivity contribution in [2.45, 2.75) is 31.3 Å². The summed E-state index contributed by atoms with van der Waals surface area (Å²) < 4.78 is 44.3. The van der Waals surface area contributed by atoms with Crippen LogP contribution in [0.1, 0.15) is 17.4 Å². The van der Waals surface area contributed by atoms with E-state index in [0.717, 1.165) is 10.3 Å². The number of nitrogens with zero attached hydrogens (tertiary/aromatic N) is 5. The number of aromatic amines is 1. The highest BCUT2D eigenvalue weighted by Crippen LogP contribution is 2.29. The number of methoxy groups -OCH3 is 1. The molecule has 0 saturated carbocycles. The zero-order chi connectivity index (χ0) is 16.4. The first-order valence-corrected chi connectivity index (χ1v) is 7.14. The van der Waals surface area contributed by atoms with E-state index in [-0.39, 0.29) is 12.0 Å². The number of aromatic nitrogens is 5. The average Bonchev–Trinajstić information content (AvgIpc) is 3.18. The van der Waals surface area contributed by atoms with Crippen LogP contribution < -0.4 is 0 Å². The van der Waals surface area contributed by atoms with Gasteiger partial charge in [0.1, 0.15) is 12.4 Å². The van der Waals surface area contributed by atoms with E-state index in [1.165, 1.54) is 12.4 Å². The Labute approximate surface area is 130 Å². The lowest BCUT2D eigenvalue weighted by Gasteiger charge is -2.17. The Bertz CT molecular complexity index is 626. The van der Waals surface area contributed by atoms with Crippen molar-refractivity contribution in [3.63, 3.8) is 0 Å². The Balaban J connectivity index is 1.69. The summed E-state index contributed by atoms with van der Waals surface area (Å²) in [6.45, 7) is 0.532. The first kappa shape index (κ1) is 15.9. The second kappa shape index (κ2) is 6.28. The molecule has 1 N–H and O–H groups in total. The minimum Gasteiger partial charge on any atom is -0.379 e. The topological polar surface area (TPSA) is 71.9 Å². The Morgan fingerprint density at radius 3 is 2.87 bits per heavy atom. The Morgan fingerprint density at radius 1 is 1.39 bits per heavy atom. The summed E-state index contributed by atoms with van der Waals surface area (Å²) >= 11 is 0. The van der Waals surface area contributed by atoms with Crippen molar-refractivity contribution in [1.82, 2.24) is 29.9 Å². The molecule has 0 bridgehead atoms. The number of hydrogen-bond donors (Lipinski definition) is 1. The summed E-state index contributed by atoms with van der Waals surface area (Å²) in [5.41, 5.74) is 0.790. The van der Waals surface area contributed by atoms with E-state index in [4.69, 9.17) is 4.74 Å². The van der Waals surface area contributed by atoms with Crippen LogP contribution in [-0.4, -0.2) is 62.3 Å². The SMILES string of the molecule is CO[C@@H]1CN(Cc2nccn2CC(F)(F)F)C[C@H]1c1cn[nH]n1. The van der Waals surface area contributed by atoms with Gasteiger partial charge in [0.05, 0.1) is 24.5 Å². The van der Waals surface area contributed by atoms with E-state index in [0.29, 0.717) is 25.5 Å². The van der Waals surface area contributed by atoms with Gasteiger partial charge < -0.3 is 9.30 Å². The van der Waals surface area contributed by atoms with Crippen LogP contribution in [0.4, 0.5) is 13.2 Å². The molecular weight excluding hydrogens is 313 g/mol. The van der Waals surface area contributed by atoms with Crippen LogP contribution in [-0.2, 0) is 17.8 Å². The molecule has 7 nitrogen and oxygen atoms in total. The maximum atomic E-state index is 12.6. The highest BCUT2D eigenvalue weighted by atomic mass is 19.4. The quantitative estimate of drug-likeness (QED) is 0.891. The predicted octanol–water partition coefficient (Wildman–Crippen LogP) is 1.18. The maximum absolute atomic E-state index is 12.6. The molecule has 2 atom stereocenters. The van der Waals surface area contributed by atoms with Crippen molar-refractivity contribution in [1.29, 1.82) is 0 Å². The highest BCUT2D eigenvalue weighted by molar-refractivity contribution is 5.10. The van der Waals surface area contributed by atoms with Gasteiger partial charge in [-0.15, -0.1) is 0 Å². The number of imidazole rings is 1. The molecule has 10 heteroatoms. The molecule has 1 saturated heterocycles. The van der Waals surface area contributed by atoms with E-state index in [9.17, 15) is 13.2 Å². The zero-order valence-electron chi connectivity index (χ0n) is 12.5. The lowest BCUT2D eigenvalue weighted by atomic mass is 10.0. The smallest absolute Gasteiger partial charge is 0.379 e. The van der Waals surface area contributed by atoms with Crippen LogP contribution in [0, 0.1) is 0 Å². The van der Waals surface area contributed by atoms with Gasteiger partial charge in [-0.05, 0) is 0 Å². The highest BCUT2D eigenvalue weighted by Gasteiger charge is 2.36. The summed E-state index contributed by atoms with van der Waals surface area (Å²) in [6, 6.07) is 0. The molecule has 2 aromatic heterocycles. The van der Waals surface area contributed by atoms with Crippen LogP contribution in [0.25, 0.3) is 0 Å². The molecule has 3 heterocycles. The first-order chi connectivity index (χ1) is 11.0. The monoisotopic (exact) mass is 330 g/mol. The number of H-pyrrole nitrogens is 1. The number of hydrogen-bond acceptors (Lipinski definition) is 5. The molecule has 1 fully saturated rings. The molecule has 0 unspecified atom stereocenters. The molecule has 0 amide bonds. The molecule has 1 aliphatic rings. The summed E-state index contributed by atoms with van der Waals surface area (Å²) in [7, 11) is 1.62. The van der Waals surface area contributed by atoms with Crippen LogP contribution in [0.3, 0.4) is 0 Å². The van der Waals surface area contributed by atoms with Crippen molar-refractivity contribution < 1.29 is 17.9 Å². The number of rotatable bonds is 5. The summed E-state index contributed by atoms with van der Waals surface area (Å²) in [5.74, 6) is 0.419. The van der Waals surface area contributed by atoms with Crippen molar-refractivity contribution in [3.8, 4) is 0 Å². The molecular formula is C13H17F3N6O. The number of likely N-dealkylation sites (tertiary alicyclic amines) is 1. The fourth-order valence-electron chi connectivity index (χ4n) is 2.92. The standard InChI is InChI=1S/C13H17F3N6O/c1-23-11-6-21(5-9(11)10-4-18-20-19-10)7-12-17-2-3-22(12)8-13(14,15)16/h2-4,9,11H,5-8H2,1H3,(H,18,19,20)/t9-,11+/m0/s1. The maximum Gasteiger partial charge on any atom is 0.406 e. The van der Waals surface area contributed by atoms with Gasteiger partial charge in [-0.2, -0.15) is 28.6 Å². The van der Waals surface area contributed by atoms with E-state index in [2.05, 4.69) is 20.4 Å². The molecule has 1 aliphatic heterocycles. The summed E-state index contributed by atoms with van der Waals surface area (Å²) in [4.78, 5) is 6.07. The van der Waals surface area contributed by atoms with Gasteiger partial charge in [0.25, 0.3) is 0 Å². The lowest BCUT2D eigenvalue weighted by Crippen LogP contribution is -2.26. The van der Waals surface area contributed by atoms with Gasteiger partial charge in [-0.25, -0.2) is 4.98 Å². The fourth-order valence-corrected chi connectivity index (χ4v) is 2.92. The largest absolute Gasteiger partial charge is 0.406 e. The molecule has 0 radical (unpaired) electrons. The summed E-state index contributed by atoms with van der Waals surface area (Å²) in [6.07, 6.45) is 0.0388. The summed E-state index contributed by atoms with van der Waals surface area (Å²) in [5, 5.41) is 10.5. The third-order valence-electron chi connectivity index (χ3n) is 3.97. The molecule has 126 valence electrons. The number of nitrogens with one attached hydrogen (secondary N) is 1. The van der Waals surface area contributed by atoms with E-state index in [1.807, 2.05) is 4.90 Å². The van der Waals surface area contributed by atoms with Gasteiger partial charge >= 0.3 is 6.18 Å². The molecule has 23 heavy (non-hydrogen) atoms. The van der Waals surface area contributed by atoms with Crippen LogP contribution in [0.2, 0.25) is 0 Å². The Morgan fingerprint density at radius 2 is 2.22 bits per heavy atom. The van der Waals surface area contributed by atoms with Gasteiger partial charge in [0.2, 0.25) is 0 Å². The Kier molecular flexibility index (Phi) is 4.35. The van der Waals surface area contributed by atoms with Crippen molar-refractivity contribution in [3.05, 3.63) is 30.1 Å². The number of ether oxygens (including phenoxy) is 1. The second-order valence-corrected chi connectivity index (χ2v) is 5.56. The van der Waals surface area contributed by atoms with Crippen LogP contribution in [0.5, 0.6) is 0 Å². The number of halogens is 3. The third-order valence-corrected chi connectivity index (χ3v) is 3.97. The van der Waals surface area contributed by atoms with E-state index < -0.39 is 12.7 Å². The van der Waals surface area contributed by atoms with Gasteiger partial charge in [0, 0.05) is 38.5 Å². The molecule has 3 rings (SSSR count). The van der Waals surface area contributed by atoms with Gasteiger partial charge in [0.15, 0.2) is 0 Å². The van der Waals surface area contributed by atoms with Gasteiger partial charge in [-0.1, -0.05) is 0 Å². The zero-order valence-corrected chi connectivity index (χ0v) is 12.5. The minimum absolute atomic E-state index is 0.0322. The first-order valence-electron chi connectivity index (χ1n) is 7.14. The van der Waals surface area contributed by atoms with Crippen molar-refractivity contribution in [2.75, 3.05) is 20.2 Å². The van der Waals surface area contributed by atoms with Gasteiger partial charge in [-0.3, -0.25) is 4.90 Å². The molecule has 2 aromatic rings. The molecule has 0 aliphatic carbocycles. The molecule has 0 aromatic carbocycles. The van der Waals surface area contributed by atoms with Crippen LogP contribution >= 0.6 is 0 Å². The van der Waals surface area contributed by atoms with E-state index in [1.54, 1.807) is 13.3 Å². The Hall–Kier alpha value is -1.94. The minimum atomic E-state index is -4.27. The van der Waals surface area contributed by atoms with Crippen molar-refractivity contribution >= 4 is 0 Å².